The van der Waals surface area contributed by atoms with Crippen molar-refractivity contribution in [3.05, 3.63) is 176 Å². The molecule has 0 saturated carbocycles. The minimum atomic E-state index is 0.627. The smallest absolute Gasteiger partial charge is 0.160 e. The fourth-order valence-corrected chi connectivity index (χ4v) is 6.51. The van der Waals surface area contributed by atoms with Gasteiger partial charge in [0.1, 0.15) is 0 Å². The Hall–Kier alpha value is -6.85. The van der Waals surface area contributed by atoms with E-state index in [1.807, 2.05) is 48.5 Å². The van der Waals surface area contributed by atoms with Gasteiger partial charge in [-0.05, 0) is 75.5 Å². The molecule has 0 aliphatic rings. The van der Waals surface area contributed by atoms with Crippen molar-refractivity contribution < 1.29 is 0 Å². The standard InChI is InChI=1S/C45H29N5/c1-2-11-34(12-3-1)41-28-37(44-36-13-5-4-10-32(36)24-25-40(44)48-41)33-20-16-30(17-21-33)31-18-22-35(23-19-31)45-49-42(38-14-6-8-26-46-38)29-43(50-45)39-15-7-9-27-47-39/h1-29H. The van der Waals surface area contributed by atoms with Crippen LogP contribution >= 0.6 is 0 Å². The van der Waals surface area contributed by atoms with Gasteiger partial charge >= 0.3 is 0 Å². The van der Waals surface area contributed by atoms with E-state index in [1.165, 1.54) is 16.3 Å². The SMILES string of the molecule is c1ccc(-c2cc(-c3ccc(-c4ccc(-c5nc(-c6ccccn6)cc(-c6ccccn6)n5)cc4)cc3)c3c(ccc4ccccc43)n2)cc1. The molecule has 0 bridgehead atoms. The first-order valence-electron chi connectivity index (χ1n) is 16.6. The summed E-state index contributed by atoms with van der Waals surface area (Å²) < 4.78 is 0. The zero-order valence-corrected chi connectivity index (χ0v) is 27.0. The third kappa shape index (κ3) is 5.57. The topological polar surface area (TPSA) is 64.5 Å². The number of benzene rings is 5. The Morgan fingerprint density at radius 1 is 0.340 bits per heavy atom. The monoisotopic (exact) mass is 639 g/mol. The quantitative estimate of drug-likeness (QED) is 0.169. The fraction of sp³-hybridized carbons (Fsp3) is 0. The van der Waals surface area contributed by atoms with Crippen molar-refractivity contribution in [2.45, 2.75) is 0 Å². The zero-order chi connectivity index (χ0) is 33.3. The molecule has 5 nitrogen and oxygen atoms in total. The summed E-state index contributed by atoms with van der Waals surface area (Å²) in [5.41, 5.74) is 11.6. The van der Waals surface area contributed by atoms with Gasteiger partial charge in [0.2, 0.25) is 0 Å². The van der Waals surface area contributed by atoms with Gasteiger partial charge in [-0.2, -0.15) is 0 Å². The Morgan fingerprint density at radius 3 is 1.56 bits per heavy atom. The molecule has 0 aliphatic carbocycles. The normalized spacial score (nSPS) is 11.2. The first-order chi connectivity index (χ1) is 24.8. The fourth-order valence-electron chi connectivity index (χ4n) is 6.51. The number of hydrogen-bond donors (Lipinski definition) is 0. The summed E-state index contributed by atoms with van der Waals surface area (Å²) in [6.07, 6.45) is 3.55. The summed E-state index contributed by atoms with van der Waals surface area (Å²) in [6.45, 7) is 0. The van der Waals surface area contributed by atoms with Gasteiger partial charge in [-0.15, -0.1) is 0 Å². The molecule has 0 radical (unpaired) electrons. The highest BCUT2D eigenvalue weighted by molar-refractivity contribution is 6.13. The molecule has 5 heteroatoms. The van der Waals surface area contributed by atoms with Crippen LogP contribution in [0.1, 0.15) is 0 Å². The maximum atomic E-state index is 5.11. The van der Waals surface area contributed by atoms with E-state index in [4.69, 9.17) is 15.0 Å². The van der Waals surface area contributed by atoms with Crippen LogP contribution in [0, 0.1) is 0 Å². The van der Waals surface area contributed by atoms with Gasteiger partial charge in [-0.1, -0.05) is 121 Å². The number of fused-ring (bicyclic) bond motifs is 3. The van der Waals surface area contributed by atoms with Crippen molar-refractivity contribution in [1.82, 2.24) is 24.9 Å². The van der Waals surface area contributed by atoms with Crippen molar-refractivity contribution in [3.8, 4) is 67.7 Å². The molecule has 4 heterocycles. The predicted octanol–water partition coefficient (Wildman–Crippen LogP) is 11.0. The lowest BCUT2D eigenvalue weighted by atomic mass is 9.93. The van der Waals surface area contributed by atoms with Gasteiger partial charge in [0.05, 0.1) is 34.0 Å². The van der Waals surface area contributed by atoms with Gasteiger partial charge in [0.15, 0.2) is 5.82 Å². The molecule has 0 atom stereocenters. The molecular weight excluding hydrogens is 611 g/mol. The lowest BCUT2D eigenvalue weighted by Crippen LogP contribution is -1.97. The van der Waals surface area contributed by atoms with Gasteiger partial charge in [-0.3, -0.25) is 9.97 Å². The second-order valence-electron chi connectivity index (χ2n) is 12.1. The zero-order valence-electron chi connectivity index (χ0n) is 27.0. The molecule has 0 fully saturated rings. The molecule has 0 N–H and O–H groups in total. The van der Waals surface area contributed by atoms with E-state index >= 15 is 0 Å². The summed E-state index contributed by atoms with van der Waals surface area (Å²) in [5, 5.41) is 3.57. The molecule has 5 aromatic carbocycles. The Labute approximate surface area is 289 Å². The molecule has 0 spiro atoms. The third-order valence-electron chi connectivity index (χ3n) is 9.02. The van der Waals surface area contributed by atoms with E-state index in [-0.39, 0.29) is 0 Å². The van der Waals surface area contributed by atoms with Crippen LogP contribution in [0.15, 0.2) is 176 Å². The van der Waals surface area contributed by atoms with E-state index in [9.17, 15) is 0 Å². The van der Waals surface area contributed by atoms with Gasteiger partial charge in [0.25, 0.3) is 0 Å². The Morgan fingerprint density at radius 2 is 0.920 bits per heavy atom. The molecule has 4 aromatic heterocycles. The van der Waals surface area contributed by atoms with Crippen molar-refractivity contribution in [1.29, 1.82) is 0 Å². The minimum Gasteiger partial charge on any atom is -0.255 e. The van der Waals surface area contributed by atoms with E-state index in [2.05, 4.69) is 125 Å². The van der Waals surface area contributed by atoms with Crippen LogP contribution in [0.5, 0.6) is 0 Å². The van der Waals surface area contributed by atoms with Gasteiger partial charge < -0.3 is 0 Å². The molecule has 0 aliphatic heterocycles. The average molecular weight is 640 g/mol. The van der Waals surface area contributed by atoms with Crippen molar-refractivity contribution in [2.24, 2.45) is 0 Å². The van der Waals surface area contributed by atoms with Crippen molar-refractivity contribution in [2.75, 3.05) is 0 Å². The van der Waals surface area contributed by atoms with Gasteiger partial charge in [-0.25, -0.2) is 15.0 Å². The number of nitrogens with zero attached hydrogens (tertiary/aromatic N) is 5. The molecule has 0 saturated heterocycles. The van der Waals surface area contributed by atoms with Gasteiger partial charge in [0, 0.05) is 28.9 Å². The maximum Gasteiger partial charge on any atom is 0.160 e. The average Bonchev–Trinajstić information content (AvgIpc) is 3.21. The molecule has 50 heavy (non-hydrogen) atoms. The van der Waals surface area contributed by atoms with E-state index in [0.717, 1.165) is 67.2 Å². The highest BCUT2D eigenvalue weighted by Crippen LogP contribution is 2.37. The molecule has 0 amide bonds. The van der Waals surface area contributed by atoms with Crippen molar-refractivity contribution >= 4 is 21.7 Å². The molecule has 9 aromatic rings. The van der Waals surface area contributed by atoms with Crippen LogP contribution in [-0.2, 0) is 0 Å². The first-order valence-corrected chi connectivity index (χ1v) is 16.6. The summed E-state index contributed by atoms with van der Waals surface area (Å²) in [4.78, 5) is 24.0. The third-order valence-corrected chi connectivity index (χ3v) is 9.02. The van der Waals surface area contributed by atoms with Crippen LogP contribution in [0.25, 0.3) is 89.4 Å². The molecule has 0 unspecified atom stereocenters. The first kappa shape index (κ1) is 29.3. The lowest BCUT2D eigenvalue weighted by molar-refractivity contribution is 1.15. The Balaban J connectivity index is 1.09. The van der Waals surface area contributed by atoms with Crippen LogP contribution in [0.2, 0.25) is 0 Å². The minimum absolute atomic E-state index is 0.627. The molecule has 9 rings (SSSR count). The summed E-state index contributed by atoms with van der Waals surface area (Å²) >= 11 is 0. The Kier molecular flexibility index (Phi) is 7.41. The molecule has 234 valence electrons. The van der Waals surface area contributed by atoms with Crippen LogP contribution < -0.4 is 0 Å². The second-order valence-corrected chi connectivity index (χ2v) is 12.1. The highest BCUT2D eigenvalue weighted by atomic mass is 14.9. The predicted molar refractivity (Wildman–Crippen MR) is 203 cm³/mol. The Bertz CT molecular complexity index is 2550. The summed E-state index contributed by atoms with van der Waals surface area (Å²) in [6, 6.07) is 56.3. The number of aromatic nitrogens is 5. The van der Waals surface area contributed by atoms with Crippen molar-refractivity contribution in [3.63, 3.8) is 0 Å². The largest absolute Gasteiger partial charge is 0.255 e. The number of rotatable bonds is 6. The van der Waals surface area contributed by atoms with E-state index < -0.39 is 0 Å². The number of pyridine rings is 3. The lowest BCUT2D eigenvalue weighted by Gasteiger charge is -2.14. The van der Waals surface area contributed by atoms with E-state index in [0.29, 0.717) is 5.82 Å². The maximum absolute atomic E-state index is 5.11. The molecular formula is C45H29N5. The summed E-state index contributed by atoms with van der Waals surface area (Å²) in [5.74, 6) is 0.627. The van der Waals surface area contributed by atoms with Crippen LogP contribution in [-0.4, -0.2) is 24.9 Å². The van der Waals surface area contributed by atoms with Crippen LogP contribution in [0.3, 0.4) is 0 Å². The highest BCUT2D eigenvalue weighted by Gasteiger charge is 2.15. The summed E-state index contributed by atoms with van der Waals surface area (Å²) in [7, 11) is 0. The second kappa shape index (κ2) is 12.6. The van der Waals surface area contributed by atoms with Crippen LogP contribution in [0.4, 0.5) is 0 Å². The van der Waals surface area contributed by atoms with E-state index in [1.54, 1.807) is 12.4 Å². The number of hydrogen-bond acceptors (Lipinski definition) is 5.